The number of aromatic nitrogens is 2. The lowest BCUT2D eigenvalue weighted by Gasteiger charge is -2.08. The highest BCUT2D eigenvalue weighted by Gasteiger charge is 2.20. The summed E-state index contributed by atoms with van der Waals surface area (Å²) in [7, 11) is 0. The molecule has 0 radical (unpaired) electrons. The molecular weight excluding hydrogens is 198 g/mol. The van der Waals surface area contributed by atoms with E-state index in [-0.39, 0.29) is 0 Å². The summed E-state index contributed by atoms with van der Waals surface area (Å²) in [5, 5.41) is 8.16. The lowest BCUT2D eigenvalue weighted by atomic mass is 10.3. The predicted molar refractivity (Wildman–Crippen MR) is 64.2 cm³/mol. The van der Waals surface area contributed by atoms with Gasteiger partial charge in [0, 0.05) is 12.7 Å². The molecule has 0 bridgehead atoms. The van der Waals surface area contributed by atoms with E-state index in [9.17, 15) is 0 Å². The van der Waals surface area contributed by atoms with Crippen molar-refractivity contribution in [2.45, 2.75) is 51.1 Å². The van der Waals surface area contributed by atoms with E-state index in [1.54, 1.807) is 0 Å². The van der Waals surface area contributed by atoms with E-state index in [0.717, 1.165) is 12.5 Å². The molecule has 1 aromatic heterocycles. The lowest BCUT2D eigenvalue weighted by Crippen LogP contribution is -2.17. The Labute approximate surface area is 97.2 Å². The molecule has 88 valence electrons. The fourth-order valence-corrected chi connectivity index (χ4v) is 2.57. The highest BCUT2D eigenvalue weighted by molar-refractivity contribution is 5.00. The van der Waals surface area contributed by atoms with Crippen molar-refractivity contribution in [1.29, 1.82) is 0 Å². The molecule has 0 aliphatic heterocycles. The van der Waals surface area contributed by atoms with Crippen LogP contribution >= 0.6 is 0 Å². The largest absolute Gasteiger partial charge is 0.311 e. The van der Waals surface area contributed by atoms with E-state index in [4.69, 9.17) is 0 Å². The van der Waals surface area contributed by atoms with Crippen LogP contribution in [-0.2, 0) is 6.54 Å². The minimum Gasteiger partial charge on any atom is -0.311 e. The van der Waals surface area contributed by atoms with Gasteiger partial charge in [0.1, 0.15) is 0 Å². The summed E-state index contributed by atoms with van der Waals surface area (Å²) in [6, 6.07) is 2.84. The highest BCUT2D eigenvalue weighted by Crippen LogP contribution is 2.29. The first-order valence-electron chi connectivity index (χ1n) is 6.66. The van der Waals surface area contributed by atoms with E-state index < -0.39 is 0 Å². The van der Waals surface area contributed by atoms with Crippen LogP contribution in [0.1, 0.15) is 50.3 Å². The Kier molecular flexibility index (Phi) is 2.96. The van der Waals surface area contributed by atoms with Crippen molar-refractivity contribution in [3.8, 4) is 0 Å². The molecule has 0 aromatic carbocycles. The molecule has 16 heavy (non-hydrogen) atoms. The zero-order valence-corrected chi connectivity index (χ0v) is 9.86. The van der Waals surface area contributed by atoms with E-state index in [1.165, 1.54) is 50.8 Å². The SMILES string of the molecule is c1cn(C2CCCC2)nc1CNCC1CC1. The average Bonchev–Trinajstić information content (AvgIpc) is 2.83. The van der Waals surface area contributed by atoms with E-state index in [2.05, 4.69) is 27.4 Å². The maximum atomic E-state index is 4.66. The van der Waals surface area contributed by atoms with Crippen LogP contribution < -0.4 is 5.32 Å². The molecule has 0 spiro atoms. The number of nitrogens with zero attached hydrogens (tertiary/aromatic N) is 2. The fraction of sp³-hybridized carbons (Fsp3) is 0.769. The topological polar surface area (TPSA) is 29.9 Å². The van der Waals surface area contributed by atoms with Crippen molar-refractivity contribution >= 4 is 0 Å². The van der Waals surface area contributed by atoms with Crippen molar-refractivity contribution in [3.63, 3.8) is 0 Å². The zero-order chi connectivity index (χ0) is 10.8. The van der Waals surface area contributed by atoms with E-state index in [1.807, 2.05) is 0 Å². The first-order valence-corrected chi connectivity index (χ1v) is 6.66. The van der Waals surface area contributed by atoms with Crippen LogP contribution in [0, 0.1) is 5.92 Å². The van der Waals surface area contributed by atoms with Crippen LogP contribution in [0.5, 0.6) is 0 Å². The maximum Gasteiger partial charge on any atom is 0.0762 e. The maximum absolute atomic E-state index is 4.66. The molecule has 1 aromatic rings. The predicted octanol–water partition coefficient (Wildman–Crippen LogP) is 2.50. The van der Waals surface area contributed by atoms with Crippen LogP contribution in [0.25, 0.3) is 0 Å². The number of rotatable bonds is 5. The average molecular weight is 219 g/mol. The number of hydrogen-bond donors (Lipinski definition) is 1. The Balaban J connectivity index is 1.50. The second kappa shape index (κ2) is 4.58. The molecule has 2 saturated carbocycles. The molecule has 2 aliphatic carbocycles. The molecule has 3 heteroatoms. The Hall–Kier alpha value is -0.830. The molecule has 1 N–H and O–H groups in total. The number of nitrogens with one attached hydrogen (secondary N) is 1. The molecular formula is C13H21N3. The zero-order valence-electron chi connectivity index (χ0n) is 9.86. The molecule has 2 fully saturated rings. The van der Waals surface area contributed by atoms with Gasteiger partial charge >= 0.3 is 0 Å². The van der Waals surface area contributed by atoms with Gasteiger partial charge in [-0.2, -0.15) is 5.10 Å². The van der Waals surface area contributed by atoms with Crippen molar-refractivity contribution in [2.75, 3.05) is 6.54 Å². The molecule has 2 aliphatic rings. The van der Waals surface area contributed by atoms with Gasteiger partial charge in [-0.25, -0.2) is 0 Å². The van der Waals surface area contributed by atoms with Crippen molar-refractivity contribution in [2.24, 2.45) is 5.92 Å². The Morgan fingerprint density at radius 3 is 2.81 bits per heavy atom. The van der Waals surface area contributed by atoms with Gasteiger partial charge in [0.2, 0.25) is 0 Å². The van der Waals surface area contributed by atoms with Gasteiger partial charge in [0.25, 0.3) is 0 Å². The molecule has 1 heterocycles. The quantitative estimate of drug-likeness (QED) is 0.824. The first-order chi connectivity index (χ1) is 7.92. The third-order valence-corrected chi connectivity index (χ3v) is 3.80. The van der Waals surface area contributed by atoms with Gasteiger partial charge in [-0.3, -0.25) is 4.68 Å². The molecule has 0 unspecified atom stereocenters. The smallest absolute Gasteiger partial charge is 0.0762 e. The molecule has 0 atom stereocenters. The lowest BCUT2D eigenvalue weighted by molar-refractivity contribution is 0.460. The summed E-state index contributed by atoms with van der Waals surface area (Å²) in [5.74, 6) is 0.955. The Bertz CT molecular complexity index is 335. The van der Waals surface area contributed by atoms with Gasteiger partial charge < -0.3 is 5.32 Å². The fourth-order valence-electron chi connectivity index (χ4n) is 2.57. The van der Waals surface area contributed by atoms with Crippen LogP contribution in [-0.4, -0.2) is 16.3 Å². The summed E-state index contributed by atoms with van der Waals surface area (Å²) in [6.07, 6.45) is 10.4. The normalized spacial score (nSPS) is 21.8. The van der Waals surface area contributed by atoms with Crippen molar-refractivity contribution in [3.05, 3.63) is 18.0 Å². The highest BCUT2D eigenvalue weighted by atomic mass is 15.3. The third-order valence-electron chi connectivity index (χ3n) is 3.80. The standard InChI is InChI=1S/C13H21N3/c1-2-4-13(3-1)16-8-7-12(15-16)10-14-9-11-5-6-11/h7-8,11,13-14H,1-6,9-10H2. The Morgan fingerprint density at radius 1 is 1.25 bits per heavy atom. The van der Waals surface area contributed by atoms with Crippen molar-refractivity contribution in [1.82, 2.24) is 15.1 Å². The third kappa shape index (κ3) is 2.46. The summed E-state index contributed by atoms with van der Waals surface area (Å²) in [4.78, 5) is 0. The van der Waals surface area contributed by atoms with Crippen LogP contribution in [0.2, 0.25) is 0 Å². The van der Waals surface area contributed by atoms with E-state index in [0.29, 0.717) is 6.04 Å². The first kappa shape index (κ1) is 10.3. The minimum absolute atomic E-state index is 0.678. The molecule has 0 amide bonds. The van der Waals surface area contributed by atoms with Gasteiger partial charge in [-0.15, -0.1) is 0 Å². The van der Waals surface area contributed by atoms with Crippen LogP contribution in [0.4, 0.5) is 0 Å². The Morgan fingerprint density at radius 2 is 2.06 bits per heavy atom. The summed E-state index contributed by atoms with van der Waals surface area (Å²) in [6.45, 7) is 2.12. The summed E-state index contributed by atoms with van der Waals surface area (Å²) < 4.78 is 2.18. The second-order valence-electron chi connectivity index (χ2n) is 5.30. The van der Waals surface area contributed by atoms with Gasteiger partial charge in [-0.1, -0.05) is 12.8 Å². The van der Waals surface area contributed by atoms with Gasteiger partial charge in [0.15, 0.2) is 0 Å². The van der Waals surface area contributed by atoms with Crippen molar-refractivity contribution < 1.29 is 0 Å². The summed E-state index contributed by atoms with van der Waals surface area (Å²) in [5.41, 5.74) is 1.20. The summed E-state index contributed by atoms with van der Waals surface area (Å²) >= 11 is 0. The molecule has 0 saturated heterocycles. The molecule has 3 nitrogen and oxygen atoms in total. The van der Waals surface area contributed by atoms with Crippen LogP contribution in [0.15, 0.2) is 12.3 Å². The van der Waals surface area contributed by atoms with Gasteiger partial charge in [-0.05, 0) is 44.2 Å². The molecule has 3 rings (SSSR count). The van der Waals surface area contributed by atoms with Gasteiger partial charge in [0.05, 0.1) is 11.7 Å². The van der Waals surface area contributed by atoms with Crippen LogP contribution in [0.3, 0.4) is 0 Å². The minimum atomic E-state index is 0.678. The van der Waals surface area contributed by atoms with E-state index >= 15 is 0 Å². The monoisotopic (exact) mass is 219 g/mol. The number of hydrogen-bond acceptors (Lipinski definition) is 2. The second-order valence-corrected chi connectivity index (χ2v) is 5.30.